The van der Waals surface area contributed by atoms with E-state index in [2.05, 4.69) is 10.1 Å². The highest BCUT2D eigenvalue weighted by molar-refractivity contribution is 5.75. The monoisotopic (exact) mass is 227 g/mol. The van der Waals surface area contributed by atoms with Gasteiger partial charge in [-0.05, 0) is 6.42 Å². The average Bonchev–Trinajstić information content (AvgIpc) is 2.28. The fraction of sp³-hybridized carbons (Fsp3) is 0.625. The molecule has 0 fully saturated rings. The van der Waals surface area contributed by atoms with Crippen LogP contribution in [0.5, 0.6) is 0 Å². The van der Waals surface area contributed by atoms with Crippen LogP contribution in [0.25, 0.3) is 0 Å². The molecule has 86 valence electrons. The van der Waals surface area contributed by atoms with E-state index in [-0.39, 0.29) is 13.0 Å². The van der Waals surface area contributed by atoms with Gasteiger partial charge < -0.3 is 4.74 Å². The number of hydrogen-bond acceptors (Lipinski definition) is 3. The SMILES string of the molecule is O=C(OC1CC(F)=CCCN1)C(F)(F)F. The minimum absolute atomic E-state index is 0.267. The Balaban J connectivity index is 2.51. The molecule has 0 spiro atoms. The third-order valence-electron chi connectivity index (χ3n) is 1.74. The van der Waals surface area contributed by atoms with Crippen molar-refractivity contribution in [2.24, 2.45) is 0 Å². The second-order valence-electron chi connectivity index (χ2n) is 2.99. The highest BCUT2D eigenvalue weighted by Gasteiger charge is 2.42. The fourth-order valence-electron chi connectivity index (χ4n) is 1.09. The van der Waals surface area contributed by atoms with E-state index >= 15 is 0 Å². The fourth-order valence-corrected chi connectivity index (χ4v) is 1.09. The molecule has 3 nitrogen and oxygen atoms in total. The molecule has 1 unspecified atom stereocenters. The second-order valence-corrected chi connectivity index (χ2v) is 2.99. The summed E-state index contributed by atoms with van der Waals surface area (Å²) < 4.78 is 52.2. The first kappa shape index (κ1) is 12.0. The first-order chi connectivity index (χ1) is 6.89. The minimum Gasteiger partial charge on any atom is -0.439 e. The van der Waals surface area contributed by atoms with Crippen LogP contribution in [0.3, 0.4) is 0 Å². The summed E-state index contributed by atoms with van der Waals surface area (Å²) in [5.41, 5.74) is 0. The van der Waals surface area contributed by atoms with E-state index in [1.807, 2.05) is 0 Å². The normalized spacial score (nSPS) is 22.9. The summed E-state index contributed by atoms with van der Waals surface area (Å²) in [7, 11) is 0. The van der Waals surface area contributed by atoms with Crippen LogP contribution in [0, 0.1) is 0 Å². The van der Waals surface area contributed by atoms with Gasteiger partial charge in [0.25, 0.3) is 0 Å². The van der Waals surface area contributed by atoms with Crippen molar-refractivity contribution in [3.05, 3.63) is 11.9 Å². The van der Waals surface area contributed by atoms with Crippen molar-refractivity contribution in [1.29, 1.82) is 0 Å². The molecule has 0 radical (unpaired) electrons. The molecule has 1 N–H and O–H groups in total. The van der Waals surface area contributed by atoms with Crippen LogP contribution in [0.15, 0.2) is 11.9 Å². The lowest BCUT2D eigenvalue weighted by atomic mass is 10.3. The molecule has 1 aliphatic heterocycles. The molecule has 0 aromatic rings. The van der Waals surface area contributed by atoms with E-state index in [9.17, 15) is 22.4 Å². The van der Waals surface area contributed by atoms with E-state index < -0.39 is 24.2 Å². The van der Waals surface area contributed by atoms with Crippen LogP contribution >= 0.6 is 0 Å². The van der Waals surface area contributed by atoms with Gasteiger partial charge in [-0.2, -0.15) is 13.2 Å². The number of ether oxygens (including phenoxy) is 1. The van der Waals surface area contributed by atoms with Crippen LogP contribution in [0.1, 0.15) is 12.8 Å². The van der Waals surface area contributed by atoms with Gasteiger partial charge in [0.1, 0.15) is 5.83 Å². The van der Waals surface area contributed by atoms with Gasteiger partial charge in [-0.1, -0.05) is 6.08 Å². The molecule has 1 rings (SSSR count). The van der Waals surface area contributed by atoms with Crippen molar-refractivity contribution in [2.75, 3.05) is 6.54 Å². The Morgan fingerprint density at radius 3 is 2.80 bits per heavy atom. The first-order valence-corrected chi connectivity index (χ1v) is 4.25. The third kappa shape index (κ3) is 3.86. The van der Waals surface area contributed by atoms with E-state index in [4.69, 9.17) is 0 Å². The van der Waals surface area contributed by atoms with Crippen molar-refractivity contribution in [3.8, 4) is 0 Å². The minimum atomic E-state index is -5.05. The predicted octanol–water partition coefficient (Wildman–Crippen LogP) is 1.65. The van der Waals surface area contributed by atoms with Crippen LogP contribution < -0.4 is 5.32 Å². The lowest BCUT2D eigenvalue weighted by molar-refractivity contribution is -0.206. The Kier molecular flexibility index (Phi) is 3.67. The Morgan fingerprint density at radius 1 is 1.53 bits per heavy atom. The summed E-state index contributed by atoms with van der Waals surface area (Å²) in [6.45, 7) is 0.267. The van der Waals surface area contributed by atoms with Gasteiger partial charge in [0.15, 0.2) is 6.23 Å². The number of carbonyl (C=O) groups excluding carboxylic acids is 1. The molecular weight excluding hydrogens is 218 g/mol. The summed E-state index contributed by atoms with van der Waals surface area (Å²) in [6.07, 6.45) is -5.08. The van der Waals surface area contributed by atoms with Crippen molar-refractivity contribution in [2.45, 2.75) is 25.2 Å². The molecule has 1 atom stereocenters. The number of rotatable bonds is 1. The number of nitrogens with one attached hydrogen (secondary N) is 1. The summed E-state index contributed by atoms with van der Waals surface area (Å²) >= 11 is 0. The number of alkyl halides is 3. The molecule has 15 heavy (non-hydrogen) atoms. The van der Waals surface area contributed by atoms with E-state index in [1.165, 1.54) is 6.08 Å². The van der Waals surface area contributed by atoms with E-state index in [1.54, 1.807) is 0 Å². The zero-order valence-corrected chi connectivity index (χ0v) is 7.60. The summed E-state index contributed by atoms with van der Waals surface area (Å²) in [6, 6.07) is 0. The molecule has 0 saturated carbocycles. The molecule has 0 aliphatic carbocycles. The van der Waals surface area contributed by atoms with Gasteiger partial charge in [0, 0.05) is 6.54 Å². The zero-order chi connectivity index (χ0) is 11.5. The zero-order valence-electron chi connectivity index (χ0n) is 7.60. The number of hydrogen-bond donors (Lipinski definition) is 1. The molecule has 0 bridgehead atoms. The smallest absolute Gasteiger partial charge is 0.439 e. The van der Waals surface area contributed by atoms with E-state index in [0.717, 1.165) is 0 Å². The maximum Gasteiger partial charge on any atom is 0.490 e. The maximum atomic E-state index is 12.8. The highest BCUT2D eigenvalue weighted by Crippen LogP contribution is 2.20. The molecule has 0 aromatic heterocycles. The van der Waals surface area contributed by atoms with Gasteiger partial charge in [0.05, 0.1) is 6.42 Å². The van der Waals surface area contributed by atoms with Crippen molar-refractivity contribution >= 4 is 5.97 Å². The van der Waals surface area contributed by atoms with Crippen LogP contribution in [0.4, 0.5) is 17.6 Å². The summed E-state index contributed by atoms with van der Waals surface area (Å²) in [5, 5.41) is 2.48. The molecule has 0 aromatic carbocycles. The van der Waals surface area contributed by atoms with E-state index in [0.29, 0.717) is 6.42 Å². The van der Waals surface area contributed by atoms with Crippen LogP contribution in [-0.4, -0.2) is 24.9 Å². The van der Waals surface area contributed by atoms with Crippen LogP contribution in [0.2, 0.25) is 0 Å². The summed E-state index contributed by atoms with van der Waals surface area (Å²) in [5.74, 6) is -2.89. The molecule has 1 heterocycles. The van der Waals surface area contributed by atoms with Gasteiger partial charge in [-0.25, -0.2) is 9.18 Å². The average molecular weight is 227 g/mol. The molecule has 0 amide bonds. The second kappa shape index (κ2) is 4.61. The number of halogens is 4. The number of carbonyl (C=O) groups is 1. The Hall–Kier alpha value is -1.11. The standard InChI is InChI=1S/C8H9F4NO2/c9-5-2-1-3-13-6(4-5)15-7(14)8(10,11)12/h2,6,13H,1,3-4H2. The molecule has 7 heteroatoms. The highest BCUT2D eigenvalue weighted by atomic mass is 19.4. The molecular formula is C8H9F4NO2. The predicted molar refractivity (Wildman–Crippen MR) is 42.4 cm³/mol. The van der Waals surface area contributed by atoms with Crippen molar-refractivity contribution in [3.63, 3.8) is 0 Å². The first-order valence-electron chi connectivity index (χ1n) is 4.25. The van der Waals surface area contributed by atoms with Gasteiger partial charge >= 0.3 is 12.1 Å². The largest absolute Gasteiger partial charge is 0.490 e. The Labute approximate surface area is 83.1 Å². The van der Waals surface area contributed by atoms with Gasteiger partial charge in [-0.3, -0.25) is 5.32 Å². The lowest BCUT2D eigenvalue weighted by Crippen LogP contribution is -2.38. The van der Waals surface area contributed by atoms with Crippen molar-refractivity contribution in [1.82, 2.24) is 5.32 Å². The number of esters is 1. The summed E-state index contributed by atoms with van der Waals surface area (Å²) in [4.78, 5) is 10.4. The van der Waals surface area contributed by atoms with Gasteiger partial charge in [0.2, 0.25) is 0 Å². The maximum absolute atomic E-state index is 12.8. The van der Waals surface area contributed by atoms with Crippen molar-refractivity contribution < 1.29 is 27.1 Å². The quantitative estimate of drug-likeness (QED) is 0.546. The lowest BCUT2D eigenvalue weighted by Gasteiger charge is -2.17. The Morgan fingerprint density at radius 2 is 2.20 bits per heavy atom. The molecule has 0 saturated heterocycles. The Bertz CT molecular complexity index is 274. The topological polar surface area (TPSA) is 38.3 Å². The van der Waals surface area contributed by atoms with Crippen LogP contribution in [-0.2, 0) is 9.53 Å². The van der Waals surface area contributed by atoms with Gasteiger partial charge in [-0.15, -0.1) is 0 Å². The third-order valence-corrected chi connectivity index (χ3v) is 1.74. The molecule has 1 aliphatic rings.